The molecular formula is C58H102N2O2. The van der Waals surface area contributed by atoms with Gasteiger partial charge in [-0.15, -0.1) is 0 Å². The largest absolute Gasteiger partial charge is 0.398 e. The molecule has 2 N–H and O–H groups in total. The Bertz CT molecular complexity index is 1300. The molecule has 0 bridgehead atoms. The van der Waals surface area contributed by atoms with E-state index >= 15 is 0 Å². The van der Waals surface area contributed by atoms with Gasteiger partial charge in [-0.05, 0) is 47.4 Å². The number of isocyanates is 1. The third-order valence-corrected chi connectivity index (χ3v) is 12.4. The molecule has 0 aliphatic rings. The quantitative estimate of drug-likeness (QED) is 0.0315. The zero-order valence-corrected chi connectivity index (χ0v) is 42.1. The van der Waals surface area contributed by atoms with Gasteiger partial charge in [0.15, 0.2) is 0 Å². The first kappa shape index (κ1) is 59.3. The Labute approximate surface area is 386 Å². The smallest absolute Gasteiger partial charge is 0.234 e. The monoisotopic (exact) mass is 859 g/mol. The number of anilines is 1. The summed E-state index contributed by atoms with van der Waals surface area (Å²) >= 11 is 0. The fraction of sp³-hybridized carbons (Fsp3) is 0.759. The van der Waals surface area contributed by atoms with Crippen molar-refractivity contribution in [2.75, 3.05) is 12.3 Å². The number of carbonyl (C=O) groups excluding carboxylic acids is 2. The van der Waals surface area contributed by atoms with Gasteiger partial charge in [-0.3, -0.25) is 4.79 Å². The van der Waals surface area contributed by atoms with Crippen LogP contribution in [-0.2, 0) is 16.0 Å². The average Bonchev–Trinajstić information content (AvgIpc) is 3.26. The van der Waals surface area contributed by atoms with Crippen LogP contribution < -0.4 is 5.73 Å². The zero-order chi connectivity index (χ0) is 45.6. The Hall–Kier alpha value is -2.71. The summed E-state index contributed by atoms with van der Waals surface area (Å²) < 4.78 is 0. The lowest BCUT2D eigenvalue weighted by Gasteiger charge is -2.12. The van der Waals surface area contributed by atoms with E-state index in [0.717, 1.165) is 24.9 Å². The van der Waals surface area contributed by atoms with E-state index in [-0.39, 0.29) is 0 Å². The van der Waals surface area contributed by atoms with Crippen molar-refractivity contribution in [1.82, 2.24) is 0 Å². The van der Waals surface area contributed by atoms with Crippen molar-refractivity contribution in [2.24, 2.45) is 4.99 Å². The van der Waals surface area contributed by atoms with Crippen LogP contribution in [0.3, 0.4) is 0 Å². The zero-order valence-electron chi connectivity index (χ0n) is 42.1. The third kappa shape index (κ3) is 38.9. The maximum absolute atomic E-state index is 12.3. The molecule has 4 heteroatoms. The van der Waals surface area contributed by atoms with Crippen molar-refractivity contribution >= 4 is 17.6 Å². The summed E-state index contributed by atoms with van der Waals surface area (Å²) in [5.74, 6) is 1.43. The van der Waals surface area contributed by atoms with Crippen LogP contribution in [0.5, 0.6) is 0 Å². The Morgan fingerprint density at radius 1 is 0.468 bits per heavy atom. The van der Waals surface area contributed by atoms with E-state index in [1.807, 2.05) is 18.2 Å². The number of unbranched alkanes of at least 4 members (excludes halogenated alkanes) is 31. The van der Waals surface area contributed by atoms with Gasteiger partial charge in [0, 0.05) is 18.5 Å². The van der Waals surface area contributed by atoms with E-state index < -0.39 is 0 Å². The van der Waals surface area contributed by atoms with Gasteiger partial charge in [-0.1, -0.05) is 283 Å². The number of nitrogen functional groups attached to an aromatic ring is 1. The van der Waals surface area contributed by atoms with Gasteiger partial charge in [0.1, 0.15) is 5.78 Å². The molecule has 2 rings (SSSR count). The molecule has 0 atom stereocenters. The van der Waals surface area contributed by atoms with Crippen molar-refractivity contribution in [1.29, 1.82) is 0 Å². The fourth-order valence-corrected chi connectivity index (χ4v) is 8.43. The number of hydrogen-bond acceptors (Lipinski definition) is 4. The lowest BCUT2D eigenvalue weighted by Crippen LogP contribution is -2.06. The topological polar surface area (TPSA) is 72.5 Å². The van der Waals surface area contributed by atoms with Gasteiger partial charge in [0.2, 0.25) is 6.08 Å². The summed E-state index contributed by atoms with van der Waals surface area (Å²) in [4.78, 5) is 25.8. The fourth-order valence-electron chi connectivity index (χ4n) is 8.43. The minimum absolute atomic E-state index is 0.411. The summed E-state index contributed by atoms with van der Waals surface area (Å²) in [7, 11) is 0. The molecule has 0 aliphatic carbocycles. The Morgan fingerprint density at radius 2 is 0.790 bits per heavy atom. The first-order chi connectivity index (χ1) is 30.3. The summed E-state index contributed by atoms with van der Waals surface area (Å²) in [6, 6.07) is 16.4. The predicted octanol–water partition coefficient (Wildman–Crippen LogP) is 18.9. The van der Waals surface area contributed by atoms with Crippen molar-refractivity contribution in [3.8, 4) is 0 Å². The average molecular weight is 859 g/mol. The first-order valence-corrected chi connectivity index (χ1v) is 26.8. The number of nitrogens with two attached hydrogens (primary N) is 1. The molecule has 0 saturated heterocycles. The molecule has 356 valence electrons. The molecule has 2 aromatic rings. The second-order valence-corrected chi connectivity index (χ2v) is 19.0. The van der Waals surface area contributed by atoms with E-state index in [0.29, 0.717) is 30.6 Å². The van der Waals surface area contributed by atoms with Crippen LogP contribution in [0.2, 0.25) is 0 Å². The molecule has 0 radical (unpaired) electrons. The molecule has 0 heterocycles. The van der Waals surface area contributed by atoms with E-state index in [1.54, 1.807) is 6.08 Å². The predicted molar refractivity (Wildman–Crippen MR) is 275 cm³/mol. The van der Waals surface area contributed by atoms with Gasteiger partial charge in [-0.25, -0.2) is 9.79 Å². The molecule has 62 heavy (non-hydrogen) atoms. The highest BCUT2D eigenvalue weighted by Gasteiger charge is 2.10. The number of rotatable bonds is 39. The summed E-state index contributed by atoms with van der Waals surface area (Å²) in [5, 5.41) is 0. The number of Topliss-reactive ketones (excluding diaryl/α,β-unsaturated/α-hetero) is 1. The third-order valence-electron chi connectivity index (χ3n) is 12.4. The van der Waals surface area contributed by atoms with Crippen molar-refractivity contribution in [3.63, 3.8) is 0 Å². The standard InChI is InChI=1S/C30H52O.C19H37NO.C9H13N/c1-4-5-6-7-8-9-10-11-12-13-14-15-16-17-18-19-20-24-29(31)26-28-23-21-22-25-30(28)27(2)3;1-2-3-4-5-6-7-8-9-10-11-12-13-14-15-16-17-18-20-19-21;1-7(2)8-5-3-4-6-9(8)10/h21-23,25,27H,4-20,24,26H2,1-3H3;2-18H2,1H3;3-7H,10H2,1-2H3. The number of nitrogens with zero attached hydrogens (tertiary/aromatic N) is 1. The molecule has 0 saturated carbocycles. The minimum Gasteiger partial charge on any atom is -0.398 e. The van der Waals surface area contributed by atoms with Crippen molar-refractivity contribution in [3.05, 3.63) is 65.2 Å². The van der Waals surface area contributed by atoms with E-state index in [9.17, 15) is 9.59 Å². The molecule has 0 unspecified atom stereocenters. The summed E-state index contributed by atoms with van der Waals surface area (Å²) in [6.45, 7) is 13.9. The Kier molecular flexibility index (Phi) is 44.3. The van der Waals surface area contributed by atoms with Gasteiger partial charge >= 0.3 is 0 Å². The van der Waals surface area contributed by atoms with Crippen LogP contribution in [0.15, 0.2) is 53.5 Å². The lowest BCUT2D eigenvalue weighted by molar-refractivity contribution is -0.118. The Balaban J connectivity index is 0.00000102. The Morgan fingerprint density at radius 3 is 1.13 bits per heavy atom. The molecule has 4 nitrogen and oxygen atoms in total. The SMILES string of the molecule is CC(C)c1ccccc1N.CCCCCCCCCCCCCCCCCCCC(=O)Cc1ccccc1C(C)C.CCCCCCCCCCCCCCCCCCN=C=O. The second kappa shape index (κ2) is 46.3. The van der Waals surface area contributed by atoms with Gasteiger partial charge < -0.3 is 5.73 Å². The van der Waals surface area contributed by atoms with Crippen LogP contribution in [0, 0.1) is 0 Å². The molecule has 0 aliphatic heterocycles. The van der Waals surface area contributed by atoms with Crippen LogP contribution in [-0.4, -0.2) is 18.4 Å². The molecular weight excluding hydrogens is 757 g/mol. The number of para-hydroxylation sites is 1. The molecule has 0 amide bonds. The highest BCUT2D eigenvalue weighted by molar-refractivity contribution is 5.81. The van der Waals surface area contributed by atoms with Crippen LogP contribution in [0.1, 0.15) is 288 Å². The van der Waals surface area contributed by atoms with Gasteiger partial charge in [0.25, 0.3) is 0 Å². The number of ketones is 1. The minimum atomic E-state index is 0.411. The van der Waals surface area contributed by atoms with E-state index in [4.69, 9.17) is 5.73 Å². The first-order valence-electron chi connectivity index (χ1n) is 26.8. The number of aliphatic imine (C=N–C) groups is 1. The lowest BCUT2D eigenvalue weighted by atomic mass is 9.93. The maximum atomic E-state index is 12.3. The second-order valence-electron chi connectivity index (χ2n) is 19.0. The van der Waals surface area contributed by atoms with E-state index in [2.05, 4.69) is 76.9 Å². The van der Waals surface area contributed by atoms with Gasteiger partial charge in [-0.2, -0.15) is 0 Å². The van der Waals surface area contributed by atoms with Crippen LogP contribution >= 0.6 is 0 Å². The normalized spacial score (nSPS) is 10.9. The van der Waals surface area contributed by atoms with Crippen molar-refractivity contribution < 1.29 is 9.59 Å². The number of carbonyl (C=O) groups is 1. The highest BCUT2D eigenvalue weighted by Crippen LogP contribution is 2.22. The van der Waals surface area contributed by atoms with Crippen LogP contribution in [0.4, 0.5) is 5.69 Å². The molecule has 0 aromatic heterocycles. The molecule has 0 spiro atoms. The van der Waals surface area contributed by atoms with Crippen molar-refractivity contribution in [2.45, 2.75) is 278 Å². The molecule has 0 fully saturated rings. The summed E-state index contributed by atoms with van der Waals surface area (Å²) in [6.07, 6.45) is 48.5. The van der Waals surface area contributed by atoms with Gasteiger partial charge in [0.05, 0.1) is 6.54 Å². The number of hydrogen-bond donors (Lipinski definition) is 1. The maximum Gasteiger partial charge on any atom is 0.234 e. The highest BCUT2D eigenvalue weighted by atomic mass is 16.1. The summed E-state index contributed by atoms with van der Waals surface area (Å²) in [5.41, 5.74) is 10.4. The number of benzene rings is 2. The van der Waals surface area contributed by atoms with Crippen LogP contribution in [0.25, 0.3) is 0 Å². The molecule has 2 aromatic carbocycles. The van der Waals surface area contributed by atoms with E-state index in [1.165, 1.54) is 216 Å².